The summed E-state index contributed by atoms with van der Waals surface area (Å²) in [5.74, 6) is 3.47. The Kier molecular flexibility index (Phi) is 4.27. The average molecular weight is 314 g/mol. The molecule has 0 N–H and O–H groups in total. The third-order valence-corrected chi connectivity index (χ3v) is 6.18. The number of aromatic nitrogens is 2. The quantitative estimate of drug-likeness (QED) is 0.853. The van der Waals surface area contributed by atoms with E-state index in [9.17, 15) is 0 Å². The van der Waals surface area contributed by atoms with Crippen molar-refractivity contribution in [3.63, 3.8) is 0 Å². The number of piperidine rings is 1. The molecule has 4 heteroatoms. The highest BCUT2D eigenvalue weighted by Gasteiger charge is 2.37. The molecule has 0 unspecified atom stereocenters. The van der Waals surface area contributed by atoms with Crippen LogP contribution in [0.4, 0.5) is 5.82 Å². The number of hydrogen-bond donors (Lipinski definition) is 0. The zero-order valence-electron chi connectivity index (χ0n) is 14.6. The van der Waals surface area contributed by atoms with Crippen molar-refractivity contribution in [1.82, 2.24) is 14.9 Å². The van der Waals surface area contributed by atoms with Crippen molar-refractivity contribution in [2.24, 2.45) is 11.8 Å². The van der Waals surface area contributed by atoms with Crippen molar-refractivity contribution in [1.29, 1.82) is 0 Å². The summed E-state index contributed by atoms with van der Waals surface area (Å²) in [4.78, 5) is 14.3. The first kappa shape index (κ1) is 15.4. The van der Waals surface area contributed by atoms with Crippen molar-refractivity contribution >= 4 is 5.82 Å². The van der Waals surface area contributed by atoms with Gasteiger partial charge in [0.2, 0.25) is 0 Å². The van der Waals surface area contributed by atoms with E-state index in [4.69, 9.17) is 0 Å². The maximum absolute atomic E-state index is 4.67. The van der Waals surface area contributed by atoms with Gasteiger partial charge in [-0.2, -0.15) is 0 Å². The molecule has 5 rings (SSSR count). The van der Waals surface area contributed by atoms with Crippen molar-refractivity contribution < 1.29 is 0 Å². The lowest BCUT2D eigenvalue weighted by Gasteiger charge is -2.40. The van der Waals surface area contributed by atoms with E-state index < -0.39 is 0 Å². The summed E-state index contributed by atoms with van der Waals surface area (Å²) in [7, 11) is 0. The predicted molar refractivity (Wildman–Crippen MR) is 93.8 cm³/mol. The molecule has 0 amide bonds. The lowest BCUT2D eigenvalue weighted by molar-refractivity contribution is 0.0917. The van der Waals surface area contributed by atoms with Crippen LogP contribution in [0.2, 0.25) is 0 Å². The van der Waals surface area contributed by atoms with Crippen molar-refractivity contribution in [2.45, 2.75) is 57.9 Å². The molecule has 3 aliphatic heterocycles. The van der Waals surface area contributed by atoms with Gasteiger partial charge >= 0.3 is 0 Å². The molecule has 0 radical (unpaired) electrons. The van der Waals surface area contributed by atoms with Gasteiger partial charge in [0.1, 0.15) is 12.1 Å². The number of nitrogens with zero attached hydrogens (tertiary/aromatic N) is 4. The van der Waals surface area contributed by atoms with Gasteiger partial charge in [-0.05, 0) is 43.4 Å². The maximum Gasteiger partial charge on any atom is 0.135 e. The minimum absolute atomic E-state index is 0.484. The Balaban J connectivity index is 1.53. The second-order valence-electron chi connectivity index (χ2n) is 8.21. The molecule has 3 saturated heterocycles. The molecule has 2 bridgehead atoms. The molecule has 1 aromatic heterocycles. The predicted octanol–water partition coefficient (Wildman–Crippen LogP) is 3.30. The summed E-state index contributed by atoms with van der Waals surface area (Å²) >= 11 is 0. The van der Waals surface area contributed by atoms with E-state index in [1.807, 2.05) is 6.20 Å². The van der Waals surface area contributed by atoms with Crippen LogP contribution in [-0.2, 0) is 0 Å². The Bertz CT molecular complexity index is 540. The second-order valence-corrected chi connectivity index (χ2v) is 8.21. The molecule has 0 aromatic carbocycles. The highest BCUT2D eigenvalue weighted by atomic mass is 15.3. The van der Waals surface area contributed by atoms with Crippen LogP contribution in [0.15, 0.2) is 12.5 Å². The number of fused-ring (bicyclic) bond motifs is 4. The third-order valence-electron chi connectivity index (χ3n) is 6.18. The molecule has 4 aliphatic rings. The van der Waals surface area contributed by atoms with Gasteiger partial charge in [-0.3, -0.25) is 4.90 Å². The summed E-state index contributed by atoms with van der Waals surface area (Å²) in [6, 6.07) is 0.726. The zero-order chi connectivity index (χ0) is 15.8. The summed E-state index contributed by atoms with van der Waals surface area (Å²) < 4.78 is 0. The molecule has 23 heavy (non-hydrogen) atoms. The van der Waals surface area contributed by atoms with E-state index in [0.717, 1.165) is 24.4 Å². The topological polar surface area (TPSA) is 32.3 Å². The molecular weight excluding hydrogens is 284 g/mol. The van der Waals surface area contributed by atoms with Crippen LogP contribution in [0.25, 0.3) is 0 Å². The molecule has 0 spiro atoms. The fraction of sp³-hybridized carbons (Fsp3) is 0.789. The fourth-order valence-electron chi connectivity index (χ4n) is 4.59. The average Bonchev–Trinajstić information content (AvgIpc) is 2.82. The van der Waals surface area contributed by atoms with Gasteiger partial charge in [0.05, 0.1) is 0 Å². The monoisotopic (exact) mass is 314 g/mol. The van der Waals surface area contributed by atoms with Crippen LogP contribution < -0.4 is 4.90 Å². The van der Waals surface area contributed by atoms with E-state index in [1.54, 1.807) is 6.33 Å². The highest BCUT2D eigenvalue weighted by Crippen LogP contribution is 2.35. The largest absolute Gasteiger partial charge is 0.354 e. The van der Waals surface area contributed by atoms with Crippen molar-refractivity contribution in [3.05, 3.63) is 18.1 Å². The van der Waals surface area contributed by atoms with E-state index in [1.165, 1.54) is 63.1 Å². The SMILES string of the molecule is CC(C)c1cncnc1N1C[C@@H]2CC[C@H](C1)N(CC1CCC1)C2. The molecule has 4 fully saturated rings. The van der Waals surface area contributed by atoms with Crippen LogP contribution in [0.5, 0.6) is 0 Å². The Morgan fingerprint density at radius 3 is 2.74 bits per heavy atom. The number of hydrogen-bond acceptors (Lipinski definition) is 4. The third kappa shape index (κ3) is 3.10. The van der Waals surface area contributed by atoms with Crippen molar-refractivity contribution in [3.8, 4) is 0 Å². The Morgan fingerprint density at radius 2 is 2.00 bits per heavy atom. The summed E-state index contributed by atoms with van der Waals surface area (Å²) in [6.07, 6.45) is 10.9. The van der Waals surface area contributed by atoms with Crippen LogP contribution in [0.1, 0.15) is 57.4 Å². The van der Waals surface area contributed by atoms with Gasteiger partial charge < -0.3 is 4.90 Å². The lowest BCUT2D eigenvalue weighted by Crippen LogP contribution is -2.47. The fourth-order valence-corrected chi connectivity index (χ4v) is 4.59. The number of anilines is 1. The Hall–Kier alpha value is -1.16. The highest BCUT2D eigenvalue weighted by molar-refractivity contribution is 5.47. The van der Waals surface area contributed by atoms with Gasteiger partial charge in [0.15, 0.2) is 0 Å². The van der Waals surface area contributed by atoms with Crippen LogP contribution in [-0.4, -0.2) is 47.1 Å². The van der Waals surface area contributed by atoms with E-state index in [0.29, 0.717) is 5.92 Å². The van der Waals surface area contributed by atoms with Crippen LogP contribution >= 0.6 is 0 Å². The first-order chi connectivity index (χ1) is 11.2. The molecule has 1 aliphatic carbocycles. The minimum Gasteiger partial charge on any atom is -0.354 e. The maximum atomic E-state index is 4.67. The van der Waals surface area contributed by atoms with Gasteiger partial charge in [-0.25, -0.2) is 9.97 Å². The van der Waals surface area contributed by atoms with Gasteiger partial charge in [0.25, 0.3) is 0 Å². The van der Waals surface area contributed by atoms with Crippen LogP contribution in [0, 0.1) is 11.8 Å². The number of rotatable bonds is 4. The van der Waals surface area contributed by atoms with Crippen molar-refractivity contribution in [2.75, 3.05) is 31.1 Å². The molecular formula is C19H30N4. The molecule has 4 nitrogen and oxygen atoms in total. The van der Waals surface area contributed by atoms with Crippen LogP contribution in [0.3, 0.4) is 0 Å². The molecule has 2 atom stereocenters. The van der Waals surface area contributed by atoms with Gasteiger partial charge in [0, 0.05) is 44.0 Å². The standard InChI is InChI=1S/C19H30N4/c1-14(2)18-8-20-13-21-19(18)23-11-16-6-7-17(12-23)22(10-16)9-15-4-3-5-15/h8,13-17H,3-7,9-12H2,1-2H3/t16-,17-/m1/s1. The molecule has 4 heterocycles. The molecule has 1 aromatic rings. The first-order valence-corrected chi connectivity index (χ1v) is 9.49. The Labute approximate surface area is 140 Å². The first-order valence-electron chi connectivity index (χ1n) is 9.49. The normalized spacial score (nSPS) is 28.9. The molecule has 126 valence electrons. The summed E-state index contributed by atoms with van der Waals surface area (Å²) in [5.41, 5.74) is 1.30. The minimum atomic E-state index is 0.484. The summed E-state index contributed by atoms with van der Waals surface area (Å²) in [6.45, 7) is 9.47. The molecule has 1 saturated carbocycles. The summed E-state index contributed by atoms with van der Waals surface area (Å²) in [5, 5.41) is 0. The zero-order valence-corrected chi connectivity index (χ0v) is 14.6. The smallest absolute Gasteiger partial charge is 0.135 e. The van der Waals surface area contributed by atoms with E-state index in [-0.39, 0.29) is 0 Å². The van der Waals surface area contributed by atoms with E-state index in [2.05, 4.69) is 33.6 Å². The second kappa shape index (κ2) is 6.39. The van der Waals surface area contributed by atoms with Gasteiger partial charge in [-0.1, -0.05) is 20.3 Å². The lowest BCUT2D eigenvalue weighted by atomic mass is 9.83. The van der Waals surface area contributed by atoms with Gasteiger partial charge in [-0.15, -0.1) is 0 Å². The van der Waals surface area contributed by atoms with E-state index >= 15 is 0 Å². The Morgan fingerprint density at radius 1 is 1.13 bits per heavy atom.